The number of benzene rings is 2. The molecule has 1 aliphatic rings. The van der Waals surface area contributed by atoms with Crippen molar-refractivity contribution in [2.24, 2.45) is 0 Å². The van der Waals surface area contributed by atoms with E-state index in [1.807, 2.05) is 0 Å². The quantitative estimate of drug-likeness (QED) is 0.905. The SMILES string of the molecule is CC1=C(CO)N(c2ccc(C)cc2C)CN1c1ccc(C)cc1C. The van der Waals surface area contributed by atoms with Crippen molar-refractivity contribution in [3.8, 4) is 0 Å². The Kier molecular flexibility index (Phi) is 4.37. The van der Waals surface area contributed by atoms with Crippen molar-refractivity contribution < 1.29 is 5.11 Å². The van der Waals surface area contributed by atoms with Gasteiger partial charge in [-0.3, -0.25) is 0 Å². The minimum atomic E-state index is 0.0422. The van der Waals surface area contributed by atoms with Crippen molar-refractivity contribution in [3.63, 3.8) is 0 Å². The van der Waals surface area contributed by atoms with Crippen LogP contribution in [0.3, 0.4) is 0 Å². The van der Waals surface area contributed by atoms with Crippen LogP contribution in [-0.4, -0.2) is 18.4 Å². The number of hydrogen-bond donors (Lipinski definition) is 1. The van der Waals surface area contributed by atoms with Crippen LogP contribution in [0.5, 0.6) is 0 Å². The number of nitrogens with zero attached hydrogens (tertiary/aromatic N) is 2. The Morgan fingerprint density at radius 1 is 0.792 bits per heavy atom. The maximum absolute atomic E-state index is 9.97. The van der Waals surface area contributed by atoms with E-state index in [1.54, 1.807) is 0 Å². The molecule has 1 N–H and O–H groups in total. The Labute approximate surface area is 144 Å². The van der Waals surface area contributed by atoms with Gasteiger partial charge in [0, 0.05) is 17.1 Å². The van der Waals surface area contributed by atoms with Crippen molar-refractivity contribution in [1.29, 1.82) is 0 Å². The van der Waals surface area contributed by atoms with Gasteiger partial charge in [-0.2, -0.15) is 0 Å². The number of hydrogen-bond acceptors (Lipinski definition) is 3. The molecule has 0 aliphatic carbocycles. The molecule has 3 nitrogen and oxygen atoms in total. The monoisotopic (exact) mass is 322 g/mol. The molecule has 0 spiro atoms. The van der Waals surface area contributed by atoms with Gasteiger partial charge in [0.05, 0.1) is 19.0 Å². The van der Waals surface area contributed by atoms with Gasteiger partial charge < -0.3 is 14.9 Å². The predicted molar refractivity (Wildman–Crippen MR) is 101 cm³/mol. The average Bonchev–Trinajstić information content (AvgIpc) is 2.84. The largest absolute Gasteiger partial charge is 0.390 e. The fourth-order valence-electron chi connectivity index (χ4n) is 3.58. The molecule has 3 rings (SSSR count). The van der Waals surface area contributed by atoms with E-state index in [2.05, 4.69) is 80.8 Å². The third-order valence-electron chi connectivity index (χ3n) is 4.87. The molecule has 0 fully saturated rings. The van der Waals surface area contributed by atoms with E-state index in [9.17, 15) is 5.11 Å². The molecular formula is C21H26N2O. The van der Waals surface area contributed by atoms with E-state index in [1.165, 1.54) is 27.9 Å². The number of aryl methyl sites for hydroxylation is 4. The Morgan fingerprint density at radius 2 is 1.29 bits per heavy atom. The summed E-state index contributed by atoms with van der Waals surface area (Å²) in [4.78, 5) is 4.52. The topological polar surface area (TPSA) is 26.7 Å². The Morgan fingerprint density at radius 3 is 1.75 bits per heavy atom. The minimum Gasteiger partial charge on any atom is -0.390 e. The molecule has 24 heavy (non-hydrogen) atoms. The summed E-state index contributed by atoms with van der Waals surface area (Å²) in [6.45, 7) is 11.4. The van der Waals surface area contributed by atoms with Gasteiger partial charge in [-0.1, -0.05) is 35.4 Å². The van der Waals surface area contributed by atoms with E-state index >= 15 is 0 Å². The molecule has 0 saturated heterocycles. The van der Waals surface area contributed by atoms with Gasteiger partial charge in [0.25, 0.3) is 0 Å². The van der Waals surface area contributed by atoms with Gasteiger partial charge in [-0.15, -0.1) is 0 Å². The van der Waals surface area contributed by atoms with Crippen molar-refractivity contribution in [2.45, 2.75) is 34.6 Å². The average molecular weight is 322 g/mol. The van der Waals surface area contributed by atoms with Crippen LogP contribution in [-0.2, 0) is 0 Å². The second kappa shape index (κ2) is 6.33. The zero-order chi connectivity index (χ0) is 17.4. The van der Waals surface area contributed by atoms with Gasteiger partial charge in [0.15, 0.2) is 0 Å². The van der Waals surface area contributed by atoms with E-state index in [-0.39, 0.29) is 6.61 Å². The molecule has 0 saturated carbocycles. The summed E-state index contributed by atoms with van der Waals surface area (Å²) < 4.78 is 0. The molecule has 126 valence electrons. The summed E-state index contributed by atoms with van der Waals surface area (Å²) in [5.41, 5.74) is 9.47. The summed E-state index contributed by atoms with van der Waals surface area (Å²) in [7, 11) is 0. The lowest BCUT2D eigenvalue weighted by atomic mass is 10.1. The van der Waals surface area contributed by atoms with Crippen molar-refractivity contribution in [3.05, 3.63) is 70.0 Å². The molecule has 3 heteroatoms. The highest BCUT2D eigenvalue weighted by Crippen LogP contribution is 2.36. The standard InChI is InChI=1S/C21H26N2O/c1-14-6-8-19(16(3)10-14)22-13-23(21(12-24)18(22)5)20-9-7-15(2)11-17(20)4/h6-11,24H,12-13H2,1-5H3. The predicted octanol–water partition coefficient (Wildman–Crippen LogP) is 4.43. The second-order valence-corrected chi connectivity index (χ2v) is 6.77. The molecule has 1 heterocycles. The van der Waals surface area contributed by atoms with E-state index in [0.717, 1.165) is 23.8 Å². The van der Waals surface area contributed by atoms with Crippen LogP contribution < -0.4 is 9.80 Å². The lowest BCUT2D eigenvalue weighted by molar-refractivity contribution is 0.328. The Bertz CT molecular complexity index is 807. The van der Waals surface area contributed by atoms with Crippen molar-refractivity contribution >= 4 is 11.4 Å². The van der Waals surface area contributed by atoms with Crippen LogP contribution in [0.25, 0.3) is 0 Å². The maximum Gasteiger partial charge on any atom is 0.0996 e. The number of anilines is 2. The number of allylic oxidation sites excluding steroid dienone is 1. The van der Waals surface area contributed by atoms with E-state index < -0.39 is 0 Å². The molecule has 1 aliphatic heterocycles. The lowest BCUT2D eigenvalue weighted by Crippen LogP contribution is -2.29. The molecule has 0 aromatic heterocycles. The molecule has 2 aromatic rings. The summed E-state index contributed by atoms with van der Waals surface area (Å²) in [6.07, 6.45) is 0. The van der Waals surface area contributed by atoms with Gasteiger partial charge >= 0.3 is 0 Å². The van der Waals surface area contributed by atoms with Crippen molar-refractivity contribution in [2.75, 3.05) is 23.1 Å². The number of aliphatic hydroxyl groups excluding tert-OH is 1. The zero-order valence-electron chi connectivity index (χ0n) is 15.2. The zero-order valence-corrected chi connectivity index (χ0v) is 15.2. The van der Waals surface area contributed by atoms with Crippen LogP contribution in [0.2, 0.25) is 0 Å². The first-order valence-corrected chi connectivity index (χ1v) is 8.42. The fourth-order valence-corrected chi connectivity index (χ4v) is 3.58. The van der Waals surface area contributed by atoms with Crippen molar-refractivity contribution in [1.82, 2.24) is 0 Å². The van der Waals surface area contributed by atoms with Gasteiger partial charge in [-0.25, -0.2) is 0 Å². The Balaban J connectivity index is 2.03. The molecule has 0 amide bonds. The van der Waals surface area contributed by atoms with Gasteiger partial charge in [0.2, 0.25) is 0 Å². The normalized spacial score (nSPS) is 14.8. The third-order valence-corrected chi connectivity index (χ3v) is 4.87. The smallest absolute Gasteiger partial charge is 0.0996 e. The molecular weight excluding hydrogens is 296 g/mol. The summed E-state index contributed by atoms with van der Waals surface area (Å²) in [6, 6.07) is 13.0. The second-order valence-electron chi connectivity index (χ2n) is 6.77. The Hall–Kier alpha value is -2.26. The molecule has 0 unspecified atom stereocenters. The fraction of sp³-hybridized carbons (Fsp3) is 0.333. The third kappa shape index (κ3) is 2.80. The summed E-state index contributed by atoms with van der Waals surface area (Å²) in [5, 5.41) is 9.97. The molecule has 2 aromatic carbocycles. The first-order valence-electron chi connectivity index (χ1n) is 8.42. The van der Waals surface area contributed by atoms with Gasteiger partial charge in [-0.05, 0) is 57.9 Å². The molecule has 0 radical (unpaired) electrons. The molecule has 0 bridgehead atoms. The van der Waals surface area contributed by atoms with Crippen LogP contribution in [0.15, 0.2) is 47.8 Å². The minimum absolute atomic E-state index is 0.0422. The number of aliphatic hydroxyl groups is 1. The summed E-state index contributed by atoms with van der Waals surface area (Å²) >= 11 is 0. The highest BCUT2D eigenvalue weighted by molar-refractivity contribution is 5.68. The highest BCUT2D eigenvalue weighted by atomic mass is 16.3. The van der Waals surface area contributed by atoms with Crippen LogP contribution >= 0.6 is 0 Å². The number of rotatable bonds is 3. The summed E-state index contributed by atoms with van der Waals surface area (Å²) in [5.74, 6) is 0. The van der Waals surface area contributed by atoms with Crippen LogP contribution in [0.1, 0.15) is 29.2 Å². The van der Waals surface area contributed by atoms with E-state index in [0.29, 0.717) is 0 Å². The van der Waals surface area contributed by atoms with Gasteiger partial charge in [0.1, 0.15) is 0 Å². The highest BCUT2D eigenvalue weighted by Gasteiger charge is 2.29. The maximum atomic E-state index is 9.97. The lowest BCUT2D eigenvalue weighted by Gasteiger charge is -2.26. The van der Waals surface area contributed by atoms with Crippen LogP contribution in [0, 0.1) is 27.7 Å². The first kappa shape index (κ1) is 16.6. The van der Waals surface area contributed by atoms with E-state index in [4.69, 9.17) is 0 Å². The van der Waals surface area contributed by atoms with Crippen LogP contribution in [0.4, 0.5) is 11.4 Å². The first-order chi connectivity index (χ1) is 11.4. The molecule has 0 atom stereocenters.